The summed E-state index contributed by atoms with van der Waals surface area (Å²) < 4.78 is 6.14. The average molecular weight is 265 g/mol. The van der Waals surface area contributed by atoms with Gasteiger partial charge in [-0.2, -0.15) is 0 Å². The first-order chi connectivity index (χ1) is 7.34. The molecule has 0 amide bonds. The summed E-state index contributed by atoms with van der Waals surface area (Å²) in [6, 6.07) is 9.94. The molecule has 1 aromatic carbocycles. The van der Waals surface area contributed by atoms with E-state index < -0.39 is 0 Å². The minimum atomic E-state index is 0.506. The molecule has 0 fully saturated rings. The zero-order chi connectivity index (χ0) is 10.5. The molecule has 0 bridgehead atoms. The van der Waals surface area contributed by atoms with Crippen molar-refractivity contribution < 1.29 is 4.74 Å². The monoisotopic (exact) mass is 264 g/mol. The number of rotatable bonds is 3. The molecule has 15 heavy (non-hydrogen) atoms. The summed E-state index contributed by atoms with van der Waals surface area (Å²) in [7, 11) is 0. The van der Waals surface area contributed by atoms with Crippen LogP contribution in [0.25, 0.3) is 0 Å². The van der Waals surface area contributed by atoms with Crippen LogP contribution in [-0.4, -0.2) is 9.97 Å². The zero-order valence-electron chi connectivity index (χ0n) is 7.93. The van der Waals surface area contributed by atoms with E-state index in [1.165, 1.54) is 0 Å². The lowest BCUT2D eigenvalue weighted by atomic mass is 10.2. The Morgan fingerprint density at radius 2 is 1.93 bits per heavy atom. The van der Waals surface area contributed by atoms with Gasteiger partial charge in [0.2, 0.25) is 5.88 Å². The fraction of sp³-hybridized carbons (Fsp3) is 0.0909. The van der Waals surface area contributed by atoms with Crippen LogP contribution in [0.2, 0.25) is 0 Å². The van der Waals surface area contributed by atoms with Crippen LogP contribution in [0.5, 0.6) is 5.88 Å². The van der Waals surface area contributed by atoms with Gasteiger partial charge in [0.15, 0.2) is 0 Å². The molecule has 76 valence electrons. The van der Waals surface area contributed by atoms with E-state index in [1.54, 1.807) is 12.4 Å². The Kier molecular flexibility index (Phi) is 3.29. The van der Waals surface area contributed by atoms with Gasteiger partial charge in [0, 0.05) is 0 Å². The van der Waals surface area contributed by atoms with Gasteiger partial charge >= 0.3 is 0 Å². The van der Waals surface area contributed by atoms with E-state index in [4.69, 9.17) is 4.74 Å². The number of nitrogens with zero attached hydrogens (tertiary/aromatic N) is 2. The van der Waals surface area contributed by atoms with Crippen molar-refractivity contribution in [3.8, 4) is 5.88 Å². The van der Waals surface area contributed by atoms with Crippen molar-refractivity contribution >= 4 is 15.9 Å². The Balaban J connectivity index is 1.99. The molecule has 0 saturated carbocycles. The van der Waals surface area contributed by atoms with Crippen LogP contribution in [0.3, 0.4) is 0 Å². The minimum absolute atomic E-state index is 0.506. The molecule has 0 aliphatic carbocycles. The quantitative estimate of drug-likeness (QED) is 0.855. The molecule has 0 aliphatic heterocycles. The number of benzene rings is 1. The van der Waals surface area contributed by atoms with Crippen LogP contribution >= 0.6 is 15.9 Å². The second-order valence-electron chi connectivity index (χ2n) is 2.95. The fourth-order valence-corrected chi connectivity index (χ4v) is 1.42. The van der Waals surface area contributed by atoms with Crippen molar-refractivity contribution in [2.75, 3.05) is 0 Å². The van der Waals surface area contributed by atoms with Gasteiger partial charge in [0.25, 0.3) is 0 Å². The van der Waals surface area contributed by atoms with E-state index in [2.05, 4.69) is 25.9 Å². The topological polar surface area (TPSA) is 35.0 Å². The van der Waals surface area contributed by atoms with Gasteiger partial charge in [-0.25, -0.2) is 4.98 Å². The molecule has 0 aliphatic rings. The first-order valence-electron chi connectivity index (χ1n) is 4.49. The van der Waals surface area contributed by atoms with E-state index in [1.807, 2.05) is 30.3 Å². The van der Waals surface area contributed by atoms with Gasteiger partial charge in [-0.05, 0) is 21.5 Å². The maximum Gasteiger partial charge on any atom is 0.233 e. The van der Waals surface area contributed by atoms with E-state index >= 15 is 0 Å². The van der Waals surface area contributed by atoms with E-state index in [0.29, 0.717) is 17.1 Å². The highest BCUT2D eigenvalue weighted by atomic mass is 79.9. The summed E-state index contributed by atoms with van der Waals surface area (Å²) in [5.74, 6) is 0.522. The van der Waals surface area contributed by atoms with Gasteiger partial charge in [-0.1, -0.05) is 30.3 Å². The molecule has 2 aromatic rings. The molecule has 0 unspecified atom stereocenters. The number of aromatic nitrogens is 2. The molecule has 3 nitrogen and oxygen atoms in total. The van der Waals surface area contributed by atoms with Crippen LogP contribution in [0, 0.1) is 0 Å². The Labute approximate surface area is 96.3 Å². The lowest BCUT2D eigenvalue weighted by Gasteiger charge is -2.04. The zero-order valence-corrected chi connectivity index (χ0v) is 9.52. The molecular formula is C11H9BrN2O. The van der Waals surface area contributed by atoms with Crippen LogP contribution in [0.15, 0.2) is 47.3 Å². The summed E-state index contributed by atoms with van der Waals surface area (Å²) in [6.45, 7) is 0.506. The predicted octanol–water partition coefficient (Wildman–Crippen LogP) is 2.82. The van der Waals surface area contributed by atoms with Crippen molar-refractivity contribution in [1.29, 1.82) is 0 Å². The van der Waals surface area contributed by atoms with Gasteiger partial charge in [0.1, 0.15) is 11.2 Å². The van der Waals surface area contributed by atoms with Crippen molar-refractivity contribution in [2.24, 2.45) is 0 Å². The molecule has 0 atom stereocenters. The lowest BCUT2D eigenvalue weighted by molar-refractivity contribution is 0.292. The van der Waals surface area contributed by atoms with Crippen molar-refractivity contribution in [3.63, 3.8) is 0 Å². The first kappa shape index (κ1) is 10.1. The molecule has 2 rings (SSSR count). The van der Waals surface area contributed by atoms with Gasteiger partial charge < -0.3 is 4.74 Å². The standard InChI is InChI=1S/C11H9BrN2O/c12-10-6-13-7-11(14-10)15-8-9-4-2-1-3-5-9/h1-7H,8H2. The second kappa shape index (κ2) is 4.89. The summed E-state index contributed by atoms with van der Waals surface area (Å²) in [5, 5.41) is 0. The number of hydrogen-bond donors (Lipinski definition) is 0. The highest BCUT2D eigenvalue weighted by Crippen LogP contribution is 2.11. The van der Waals surface area contributed by atoms with Gasteiger partial charge in [0.05, 0.1) is 12.4 Å². The van der Waals surface area contributed by atoms with Gasteiger partial charge in [-0.15, -0.1) is 0 Å². The minimum Gasteiger partial charge on any atom is -0.472 e. The summed E-state index contributed by atoms with van der Waals surface area (Å²) in [5.41, 5.74) is 1.11. The Bertz CT molecular complexity index is 434. The van der Waals surface area contributed by atoms with Crippen molar-refractivity contribution in [3.05, 3.63) is 52.9 Å². The van der Waals surface area contributed by atoms with E-state index in [9.17, 15) is 0 Å². The Morgan fingerprint density at radius 1 is 1.13 bits per heavy atom. The second-order valence-corrected chi connectivity index (χ2v) is 3.77. The van der Waals surface area contributed by atoms with Crippen LogP contribution < -0.4 is 4.74 Å². The van der Waals surface area contributed by atoms with E-state index in [-0.39, 0.29) is 0 Å². The SMILES string of the molecule is Brc1cncc(OCc2ccccc2)n1. The van der Waals surface area contributed by atoms with Crippen molar-refractivity contribution in [2.45, 2.75) is 6.61 Å². The first-order valence-corrected chi connectivity index (χ1v) is 5.28. The predicted molar refractivity (Wildman–Crippen MR) is 60.5 cm³/mol. The molecule has 0 radical (unpaired) electrons. The number of ether oxygens (including phenoxy) is 1. The Hall–Kier alpha value is -1.42. The van der Waals surface area contributed by atoms with Crippen LogP contribution in [-0.2, 0) is 6.61 Å². The third-order valence-electron chi connectivity index (χ3n) is 1.81. The van der Waals surface area contributed by atoms with E-state index in [0.717, 1.165) is 5.56 Å². The smallest absolute Gasteiger partial charge is 0.233 e. The molecular weight excluding hydrogens is 256 g/mol. The van der Waals surface area contributed by atoms with Crippen molar-refractivity contribution in [1.82, 2.24) is 9.97 Å². The highest BCUT2D eigenvalue weighted by molar-refractivity contribution is 9.10. The lowest BCUT2D eigenvalue weighted by Crippen LogP contribution is -1.97. The fourth-order valence-electron chi connectivity index (χ4n) is 1.13. The number of hydrogen-bond acceptors (Lipinski definition) is 3. The largest absolute Gasteiger partial charge is 0.472 e. The molecule has 0 saturated heterocycles. The normalized spacial score (nSPS) is 9.93. The Morgan fingerprint density at radius 3 is 2.67 bits per heavy atom. The maximum atomic E-state index is 5.47. The number of halogens is 1. The van der Waals surface area contributed by atoms with Crippen LogP contribution in [0.4, 0.5) is 0 Å². The third kappa shape index (κ3) is 3.02. The molecule has 4 heteroatoms. The summed E-state index contributed by atoms with van der Waals surface area (Å²) >= 11 is 3.23. The maximum absolute atomic E-state index is 5.47. The molecule has 1 aromatic heterocycles. The highest BCUT2D eigenvalue weighted by Gasteiger charge is 1.97. The third-order valence-corrected chi connectivity index (χ3v) is 2.19. The summed E-state index contributed by atoms with van der Waals surface area (Å²) in [4.78, 5) is 8.08. The molecule has 0 spiro atoms. The summed E-state index contributed by atoms with van der Waals surface area (Å²) in [6.07, 6.45) is 3.21. The molecule has 0 N–H and O–H groups in total. The molecule has 1 heterocycles. The van der Waals surface area contributed by atoms with Gasteiger partial charge in [-0.3, -0.25) is 4.98 Å². The van der Waals surface area contributed by atoms with Crippen LogP contribution in [0.1, 0.15) is 5.56 Å². The average Bonchev–Trinajstić information content (AvgIpc) is 2.28.